The number of piperidine rings is 1. The van der Waals surface area contributed by atoms with Gasteiger partial charge in [0.1, 0.15) is 5.82 Å². The van der Waals surface area contributed by atoms with E-state index in [-0.39, 0.29) is 11.8 Å². The molecule has 7 rings (SSSR count). The monoisotopic (exact) mass is 617 g/mol. The Morgan fingerprint density at radius 1 is 1.14 bits per heavy atom. The summed E-state index contributed by atoms with van der Waals surface area (Å²) in [7, 11) is 0. The standard InChI is InChI=1S/C32H33ClFN7O3/c1-32(25-8-7-23(33)17-26(25)34)43-28-5-2-4-24(30(28)44-32)20-9-13-40(14-10-20)19-27-21(11-15-41-12-3-6-29(41)42)16-22(18-35-27)31-36-38-39-37-31/h2,4-5,7-8,16-18,20H,3,6,9-15,19H2,1H3,(H,36,37,38,39). The maximum atomic E-state index is 14.8. The van der Waals surface area contributed by atoms with Gasteiger partial charge in [0.15, 0.2) is 11.5 Å². The van der Waals surface area contributed by atoms with Crippen LogP contribution < -0.4 is 9.47 Å². The Hall–Kier alpha value is -4.09. The van der Waals surface area contributed by atoms with E-state index >= 15 is 0 Å². The Labute approximate surface area is 259 Å². The molecule has 3 aliphatic heterocycles. The molecule has 5 heterocycles. The summed E-state index contributed by atoms with van der Waals surface area (Å²) in [6, 6.07) is 12.5. The highest BCUT2D eigenvalue weighted by molar-refractivity contribution is 6.30. The number of halogens is 2. The molecule has 10 nitrogen and oxygen atoms in total. The number of para-hydroxylation sites is 1. The molecule has 0 saturated carbocycles. The van der Waals surface area contributed by atoms with Crippen molar-refractivity contribution >= 4 is 17.5 Å². The van der Waals surface area contributed by atoms with Gasteiger partial charge in [0.05, 0.1) is 11.3 Å². The van der Waals surface area contributed by atoms with Crippen LogP contribution in [0.3, 0.4) is 0 Å². The fraction of sp³-hybridized carbons (Fsp3) is 0.406. The summed E-state index contributed by atoms with van der Waals surface area (Å²) < 4.78 is 27.4. The zero-order chi connectivity index (χ0) is 30.3. The minimum absolute atomic E-state index is 0.219. The first-order valence-corrected chi connectivity index (χ1v) is 15.4. The van der Waals surface area contributed by atoms with Gasteiger partial charge in [-0.1, -0.05) is 23.7 Å². The number of H-pyrrole nitrogens is 1. The predicted molar refractivity (Wildman–Crippen MR) is 161 cm³/mol. The minimum atomic E-state index is -1.27. The Morgan fingerprint density at radius 2 is 2.00 bits per heavy atom. The van der Waals surface area contributed by atoms with E-state index in [1.165, 1.54) is 6.07 Å². The fourth-order valence-corrected chi connectivity index (χ4v) is 6.71. The number of nitrogens with one attached hydrogen (secondary N) is 1. The van der Waals surface area contributed by atoms with Gasteiger partial charge in [0.2, 0.25) is 11.7 Å². The van der Waals surface area contributed by atoms with E-state index in [4.69, 9.17) is 26.1 Å². The number of likely N-dealkylation sites (tertiary alicyclic amines) is 2. The average Bonchev–Trinajstić information content (AvgIpc) is 3.77. The molecule has 0 spiro atoms. The van der Waals surface area contributed by atoms with E-state index in [0.29, 0.717) is 47.4 Å². The maximum Gasteiger partial charge on any atom is 0.278 e. The molecule has 1 amide bonds. The third-order valence-electron chi connectivity index (χ3n) is 8.92. The van der Waals surface area contributed by atoms with Gasteiger partial charge in [0.25, 0.3) is 5.79 Å². The van der Waals surface area contributed by atoms with Crippen LogP contribution in [0.15, 0.2) is 48.7 Å². The number of hydrogen-bond donors (Lipinski definition) is 1. The molecule has 1 atom stereocenters. The van der Waals surface area contributed by atoms with Crippen molar-refractivity contribution in [1.82, 2.24) is 35.4 Å². The van der Waals surface area contributed by atoms with Gasteiger partial charge in [-0.2, -0.15) is 5.21 Å². The topological polar surface area (TPSA) is 109 Å². The summed E-state index contributed by atoms with van der Waals surface area (Å²) in [4.78, 5) is 21.4. The molecule has 0 bridgehead atoms. The summed E-state index contributed by atoms with van der Waals surface area (Å²) in [6.07, 6.45) is 5.93. The maximum absolute atomic E-state index is 14.8. The van der Waals surface area contributed by atoms with Crippen molar-refractivity contribution in [3.63, 3.8) is 0 Å². The highest BCUT2D eigenvalue weighted by Crippen LogP contribution is 2.49. The number of fused-ring (bicyclic) bond motifs is 1. The van der Waals surface area contributed by atoms with E-state index in [2.05, 4.69) is 37.7 Å². The third kappa shape index (κ3) is 5.61. The Morgan fingerprint density at radius 3 is 2.75 bits per heavy atom. The average molecular weight is 618 g/mol. The molecule has 2 aromatic heterocycles. The van der Waals surface area contributed by atoms with Crippen LogP contribution in [0.4, 0.5) is 4.39 Å². The molecule has 228 valence electrons. The van der Waals surface area contributed by atoms with Gasteiger partial charge in [-0.15, -0.1) is 10.2 Å². The molecule has 44 heavy (non-hydrogen) atoms. The van der Waals surface area contributed by atoms with Crippen LogP contribution in [-0.4, -0.2) is 67.5 Å². The molecule has 1 N–H and O–H groups in total. The van der Waals surface area contributed by atoms with Gasteiger partial charge in [-0.25, -0.2) is 4.39 Å². The lowest BCUT2D eigenvalue weighted by atomic mass is 9.88. The lowest BCUT2D eigenvalue weighted by Gasteiger charge is -2.33. The zero-order valence-electron chi connectivity index (χ0n) is 24.4. The largest absolute Gasteiger partial charge is 0.444 e. The van der Waals surface area contributed by atoms with E-state index in [0.717, 1.165) is 67.7 Å². The number of carbonyl (C=O) groups excluding carboxylic acids is 1. The van der Waals surface area contributed by atoms with Gasteiger partial charge in [0, 0.05) is 55.3 Å². The molecule has 2 aromatic carbocycles. The van der Waals surface area contributed by atoms with Crippen LogP contribution >= 0.6 is 11.6 Å². The summed E-state index contributed by atoms with van der Waals surface area (Å²) in [5.41, 5.74) is 4.28. The van der Waals surface area contributed by atoms with Crippen LogP contribution in [0.1, 0.15) is 60.9 Å². The first-order valence-electron chi connectivity index (χ1n) is 15.0. The van der Waals surface area contributed by atoms with Crippen molar-refractivity contribution < 1.29 is 18.7 Å². The lowest BCUT2D eigenvalue weighted by Crippen LogP contribution is -2.34. The predicted octanol–water partition coefficient (Wildman–Crippen LogP) is 5.24. The summed E-state index contributed by atoms with van der Waals surface area (Å²) in [5, 5.41) is 14.7. The molecule has 4 aromatic rings. The van der Waals surface area contributed by atoms with Crippen molar-refractivity contribution in [2.24, 2.45) is 0 Å². The van der Waals surface area contributed by atoms with Gasteiger partial charge in [-0.05, 0) is 85.8 Å². The zero-order valence-corrected chi connectivity index (χ0v) is 25.2. The van der Waals surface area contributed by atoms with E-state index in [1.807, 2.05) is 17.0 Å². The number of aromatic amines is 1. The van der Waals surface area contributed by atoms with Crippen LogP contribution in [0.2, 0.25) is 5.02 Å². The number of aromatic nitrogens is 5. The van der Waals surface area contributed by atoms with Crippen molar-refractivity contribution in [2.75, 3.05) is 26.2 Å². The molecule has 0 aliphatic carbocycles. The van der Waals surface area contributed by atoms with E-state index in [1.54, 1.807) is 25.3 Å². The van der Waals surface area contributed by atoms with Crippen molar-refractivity contribution in [3.05, 3.63) is 81.9 Å². The minimum Gasteiger partial charge on any atom is -0.444 e. The third-order valence-corrected chi connectivity index (χ3v) is 9.15. The number of ether oxygens (including phenoxy) is 2. The molecular weight excluding hydrogens is 585 g/mol. The van der Waals surface area contributed by atoms with Crippen molar-refractivity contribution in [3.8, 4) is 22.9 Å². The number of rotatable bonds is 8. The van der Waals surface area contributed by atoms with E-state index < -0.39 is 11.6 Å². The van der Waals surface area contributed by atoms with Gasteiger partial charge in [-0.3, -0.25) is 14.7 Å². The molecule has 3 aliphatic rings. The van der Waals surface area contributed by atoms with Crippen LogP contribution in [0.5, 0.6) is 11.5 Å². The molecule has 2 fully saturated rings. The van der Waals surface area contributed by atoms with E-state index in [9.17, 15) is 9.18 Å². The highest BCUT2D eigenvalue weighted by atomic mass is 35.5. The van der Waals surface area contributed by atoms with Crippen LogP contribution in [0, 0.1) is 5.82 Å². The Kier molecular flexibility index (Phi) is 7.67. The molecular formula is C32H33ClFN7O3. The quantitative estimate of drug-likeness (QED) is 0.286. The Bertz CT molecular complexity index is 1680. The summed E-state index contributed by atoms with van der Waals surface area (Å²) >= 11 is 5.98. The second-order valence-corrected chi connectivity index (χ2v) is 12.2. The van der Waals surface area contributed by atoms with Crippen molar-refractivity contribution in [1.29, 1.82) is 0 Å². The second-order valence-electron chi connectivity index (χ2n) is 11.8. The van der Waals surface area contributed by atoms with Crippen LogP contribution in [-0.2, 0) is 23.5 Å². The number of pyridine rings is 1. The Balaban J connectivity index is 1.04. The van der Waals surface area contributed by atoms with Gasteiger partial charge >= 0.3 is 0 Å². The summed E-state index contributed by atoms with van der Waals surface area (Å²) in [5.74, 6) is 0.554. The number of tetrazole rings is 1. The number of nitrogens with zero attached hydrogens (tertiary/aromatic N) is 6. The molecule has 2 saturated heterocycles. The lowest BCUT2D eigenvalue weighted by molar-refractivity contribution is -0.127. The fourth-order valence-electron chi connectivity index (χ4n) is 6.55. The SMILES string of the molecule is CC1(c2ccc(Cl)cc2F)Oc2cccc(C3CCN(Cc4ncc(-c5nn[nH]n5)cc4CCN4CCCC4=O)CC3)c2O1. The van der Waals surface area contributed by atoms with Crippen molar-refractivity contribution in [2.45, 2.75) is 57.3 Å². The summed E-state index contributed by atoms with van der Waals surface area (Å²) in [6.45, 7) is 5.70. The number of hydrogen-bond acceptors (Lipinski definition) is 8. The van der Waals surface area contributed by atoms with Gasteiger partial charge < -0.3 is 14.4 Å². The second kappa shape index (κ2) is 11.8. The molecule has 0 radical (unpaired) electrons. The normalized spacial score (nSPS) is 20.5. The first kappa shape index (κ1) is 28.7. The number of carbonyl (C=O) groups is 1. The number of benzene rings is 2. The molecule has 1 unspecified atom stereocenters. The molecule has 12 heteroatoms. The van der Waals surface area contributed by atoms with Crippen LogP contribution in [0.25, 0.3) is 11.4 Å². The highest BCUT2D eigenvalue weighted by Gasteiger charge is 2.43. The smallest absolute Gasteiger partial charge is 0.278 e. The number of amides is 1. The first-order chi connectivity index (χ1) is 21.4.